The van der Waals surface area contributed by atoms with E-state index in [0.29, 0.717) is 5.56 Å². The van der Waals surface area contributed by atoms with Crippen molar-refractivity contribution in [3.05, 3.63) is 36.4 Å². The lowest BCUT2D eigenvalue weighted by molar-refractivity contribution is 0.473. The van der Waals surface area contributed by atoms with Crippen LogP contribution in [-0.2, 0) is 0 Å². The van der Waals surface area contributed by atoms with E-state index in [0.717, 1.165) is 0 Å². The van der Waals surface area contributed by atoms with Gasteiger partial charge in [0.25, 0.3) is 0 Å². The van der Waals surface area contributed by atoms with Crippen LogP contribution in [0.15, 0.2) is 30.8 Å². The molecule has 2 nitrogen and oxygen atoms in total. The van der Waals surface area contributed by atoms with E-state index in [2.05, 4.69) is 6.58 Å². The van der Waals surface area contributed by atoms with Crippen molar-refractivity contribution in [1.29, 1.82) is 0 Å². The first-order valence-corrected chi connectivity index (χ1v) is 2.87. The van der Waals surface area contributed by atoms with Crippen molar-refractivity contribution in [2.24, 2.45) is 0 Å². The Bertz CT molecular complexity index is 253. The number of hydrogen-bond donors (Lipinski definition) is 2. The molecule has 0 aliphatic heterocycles. The summed E-state index contributed by atoms with van der Waals surface area (Å²) in [6, 6.07) is 6.29. The molecule has 0 atom stereocenters. The van der Waals surface area contributed by atoms with E-state index >= 15 is 0 Å². The maximum Gasteiger partial charge on any atom is 0.116 e. The summed E-state index contributed by atoms with van der Waals surface area (Å²) in [7, 11) is 0. The van der Waals surface area contributed by atoms with E-state index in [4.69, 9.17) is 10.2 Å². The van der Waals surface area contributed by atoms with Gasteiger partial charge in [-0.3, -0.25) is 0 Å². The first kappa shape index (κ1) is 6.68. The lowest BCUT2D eigenvalue weighted by Crippen LogP contribution is -1.77. The van der Waals surface area contributed by atoms with Crippen LogP contribution in [0.1, 0.15) is 5.56 Å². The first-order valence-electron chi connectivity index (χ1n) is 2.87. The number of aliphatic hydroxyl groups excluding tert-OH is 1. The van der Waals surface area contributed by atoms with Crippen LogP contribution < -0.4 is 0 Å². The second-order valence-electron chi connectivity index (χ2n) is 2.00. The summed E-state index contributed by atoms with van der Waals surface area (Å²) >= 11 is 0. The fourth-order valence-corrected chi connectivity index (χ4v) is 0.685. The average Bonchev–Trinajstić information content (AvgIpc) is 1.88. The highest BCUT2D eigenvalue weighted by Gasteiger charge is 1.94. The standard InChI is InChI=1S/C8H8O2/c1-6(9)7-3-2-4-8(10)5-7/h2-5,9-10H,1H2. The molecule has 0 fully saturated rings. The highest BCUT2D eigenvalue weighted by Crippen LogP contribution is 2.15. The molecule has 0 saturated heterocycles. The summed E-state index contributed by atoms with van der Waals surface area (Å²) in [6.45, 7) is 3.31. The number of aromatic hydroxyl groups is 1. The molecule has 0 bridgehead atoms. The number of phenolic OH excluding ortho intramolecular Hbond substituents is 1. The molecule has 0 heterocycles. The molecule has 2 heteroatoms. The molecule has 0 amide bonds. The third-order valence-electron chi connectivity index (χ3n) is 1.18. The SMILES string of the molecule is C=C(O)c1cccc(O)c1. The average molecular weight is 136 g/mol. The van der Waals surface area contributed by atoms with Gasteiger partial charge in [-0.15, -0.1) is 0 Å². The third kappa shape index (κ3) is 1.29. The molecule has 0 aliphatic carbocycles. The van der Waals surface area contributed by atoms with Crippen molar-refractivity contribution in [3.63, 3.8) is 0 Å². The molecule has 0 saturated carbocycles. The molecule has 0 unspecified atom stereocenters. The third-order valence-corrected chi connectivity index (χ3v) is 1.18. The largest absolute Gasteiger partial charge is 0.508 e. The van der Waals surface area contributed by atoms with Crippen molar-refractivity contribution in [2.75, 3.05) is 0 Å². The second kappa shape index (κ2) is 2.43. The Morgan fingerprint density at radius 3 is 2.50 bits per heavy atom. The molecule has 0 spiro atoms. The van der Waals surface area contributed by atoms with Gasteiger partial charge in [-0.1, -0.05) is 18.7 Å². The Labute approximate surface area is 59.1 Å². The zero-order valence-corrected chi connectivity index (χ0v) is 5.41. The van der Waals surface area contributed by atoms with E-state index in [1.165, 1.54) is 12.1 Å². The number of phenols is 1. The van der Waals surface area contributed by atoms with Gasteiger partial charge in [0.2, 0.25) is 0 Å². The van der Waals surface area contributed by atoms with Crippen LogP contribution in [0.2, 0.25) is 0 Å². The molecule has 10 heavy (non-hydrogen) atoms. The fourth-order valence-electron chi connectivity index (χ4n) is 0.685. The molecule has 1 aromatic carbocycles. The van der Waals surface area contributed by atoms with Gasteiger partial charge in [-0.2, -0.15) is 0 Å². The van der Waals surface area contributed by atoms with Gasteiger partial charge in [-0.25, -0.2) is 0 Å². The first-order chi connectivity index (χ1) is 4.70. The Morgan fingerprint density at radius 2 is 2.10 bits per heavy atom. The Morgan fingerprint density at radius 1 is 1.40 bits per heavy atom. The highest BCUT2D eigenvalue weighted by atomic mass is 16.3. The zero-order chi connectivity index (χ0) is 7.56. The normalized spacial score (nSPS) is 9.20. The van der Waals surface area contributed by atoms with Crippen molar-refractivity contribution in [3.8, 4) is 5.75 Å². The van der Waals surface area contributed by atoms with E-state index in [1.54, 1.807) is 12.1 Å². The van der Waals surface area contributed by atoms with Gasteiger partial charge in [0, 0.05) is 5.56 Å². The molecule has 1 rings (SSSR count). The number of hydrogen-bond acceptors (Lipinski definition) is 2. The fraction of sp³-hybridized carbons (Fsp3) is 0. The Kier molecular flexibility index (Phi) is 1.63. The van der Waals surface area contributed by atoms with Crippen molar-refractivity contribution < 1.29 is 10.2 Å². The summed E-state index contributed by atoms with van der Waals surface area (Å²) in [5.41, 5.74) is 0.542. The van der Waals surface area contributed by atoms with Crippen LogP contribution in [0.25, 0.3) is 5.76 Å². The molecule has 2 N–H and O–H groups in total. The van der Waals surface area contributed by atoms with E-state index in [1.807, 2.05) is 0 Å². The maximum absolute atomic E-state index is 8.91. The van der Waals surface area contributed by atoms with Crippen LogP contribution >= 0.6 is 0 Å². The van der Waals surface area contributed by atoms with Gasteiger partial charge in [0.05, 0.1) is 0 Å². The number of benzene rings is 1. The molecule has 0 aliphatic rings. The smallest absolute Gasteiger partial charge is 0.116 e. The predicted molar refractivity (Wildman–Crippen MR) is 39.8 cm³/mol. The monoisotopic (exact) mass is 136 g/mol. The van der Waals surface area contributed by atoms with Crippen molar-refractivity contribution in [2.45, 2.75) is 0 Å². The summed E-state index contributed by atoms with van der Waals surface area (Å²) < 4.78 is 0. The maximum atomic E-state index is 8.91. The number of aliphatic hydroxyl groups is 1. The van der Waals surface area contributed by atoms with Gasteiger partial charge in [0.15, 0.2) is 0 Å². The quantitative estimate of drug-likeness (QED) is 0.579. The van der Waals surface area contributed by atoms with Gasteiger partial charge in [-0.05, 0) is 12.1 Å². The van der Waals surface area contributed by atoms with Crippen LogP contribution in [0.5, 0.6) is 5.75 Å². The van der Waals surface area contributed by atoms with Crippen LogP contribution in [-0.4, -0.2) is 10.2 Å². The molecule has 0 aromatic heterocycles. The lowest BCUT2D eigenvalue weighted by atomic mass is 10.2. The van der Waals surface area contributed by atoms with E-state index in [-0.39, 0.29) is 11.5 Å². The van der Waals surface area contributed by atoms with Crippen LogP contribution in [0.3, 0.4) is 0 Å². The Balaban J connectivity index is 3.07. The van der Waals surface area contributed by atoms with Gasteiger partial charge in [0.1, 0.15) is 11.5 Å². The van der Waals surface area contributed by atoms with Crippen LogP contribution in [0, 0.1) is 0 Å². The minimum atomic E-state index is -0.0316. The minimum Gasteiger partial charge on any atom is -0.508 e. The summed E-state index contributed by atoms with van der Waals surface area (Å²) in [6.07, 6.45) is 0. The van der Waals surface area contributed by atoms with E-state index in [9.17, 15) is 0 Å². The molecule has 52 valence electrons. The highest BCUT2D eigenvalue weighted by molar-refractivity contribution is 5.57. The molecular weight excluding hydrogens is 128 g/mol. The lowest BCUT2D eigenvalue weighted by Gasteiger charge is -1.96. The minimum absolute atomic E-state index is 0.0316. The van der Waals surface area contributed by atoms with Crippen LogP contribution in [0.4, 0.5) is 0 Å². The molecular formula is C8H8O2. The Hall–Kier alpha value is -1.44. The van der Waals surface area contributed by atoms with Crippen molar-refractivity contribution in [1.82, 2.24) is 0 Å². The predicted octanol–water partition coefficient (Wildman–Crippen LogP) is 1.92. The molecule has 0 radical (unpaired) electrons. The van der Waals surface area contributed by atoms with Gasteiger partial charge < -0.3 is 10.2 Å². The summed E-state index contributed by atoms with van der Waals surface area (Å²) in [5, 5.41) is 17.8. The zero-order valence-electron chi connectivity index (χ0n) is 5.41. The second-order valence-corrected chi connectivity index (χ2v) is 2.00. The molecule has 1 aromatic rings. The van der Waals surface area contributed by atoms with Crippen molar-refractivity contribution >= 4 is 5.76 Å². The summed E-state index contributed by atoms with van der Waals surface area (Å²) in [4.78, 5) is 0. The van der Waals surface area contributed by atoms with Gasteiger partial charge >= 0.3 is 0 Å². The summed E-state index contributed by atoms with van der Waals surface area (Å²) in [5.74, 6) is 0.101. The topological polar surface area (TPSA) is 40.5 Å². The van der Waals surface area contributed by atoms with E-state index < -0.39 is 0 Å². The number of rotatable bonds is 1.